The van der Waals surface area contributed by atoms with Crippen LogP contribution in [0.3, 0.4) is 0 Å². The molecule has 0 aromatic carbocycles. The summed E-state index contributed by atoms with van der Waals surface area (Å²) in [7, 11) is 0. The Kier molecular flexibility index (Phi) is 2.37. The van der Waals surface area contributed by atoms with Gasteiger partial charge < -0.3 is 10.4 Å². The van der Waals surface area contributed by atoms with Gasteiger partial charge in [-0.05, 0) is 26.2 Å². The smallest absolute Gasteiger partial charge is 0.0598 e. The van der Waals surface area contributed by atoms with Crippen molar-refractivity contribution in [3.63, 3.8) is 0 Å². The average molecular weight is 169 g/mol. The van der Waals surface area contributed by atoms with Crippen LogP contribution in [0.2, 0.25) is 0 Å². The maximum absolute atomic E-state index is 9.83. The fourth-order valence-electron chi connectivity index (χ4n) is 2.80. The lowest BCUT2D eigenvalue weighted by atomic mass is 9.76. The molecule has 2 fully saturated rings. The van der Waals surface area contributed by atoms with Crippen LogP contribution in [0.25, 0.3) is 0 Å². The van der Waals surface area contributed by atoms with E-state index in [4.69, 9.17) is 0 Å². The number of nitrogens with one attached hydrogen (secondary N) is 1. The van der Waals surface area contributed by atoms with E-state index in [1.54, 1.807) is 0 Å². The third-order valence-corrected chi connectivity index (χ3v) is 3.41. The van der Waals surface area contributed by atoms with E-state index in [1.165, 1.54) is 25.7 Å². The van der Waals surface area contributed by atoms with Gasteiger partial charge >= 0.3 is 0 Å². The van der Waals surface area contributed by atoms with Crippen LogP contribution in [0.4, 0.5) is 0 Å². The van der Waals surface area contributed by atoms with Crippen molar-refractivity contribution in [1.82, 2.24) is 5.32 Å². The Morgan fingerprint density at radius 2 is 2.00 bits per heavy atom. The molecule has 0 radical (unpaired) electrons. The first-order valence-electron chi connectivity index (χ1n) is 5.21. The van der Waals surface area contributed by atoms with Crippen LogP contribution in [0.1, 0.15) is 39.0 Å². The molecule has 0 spiro atoms. The lowest BCUT2D eigenvalue weighted by Gasteiger charge is -2.42. The first-order chi connectivity index (χ1) is 5.77. The number of hydrogen-bond acceptors (Lipinski definition) is 2. The van der Waals surface area contributed by atoms with Crippen LogP contribution in [-0.2, 0) is 0 Å². The number of hydrogen-bond donors (Lipinski definition) is 2. The summed E-state index contributed by atoms with van der Waals surface area (Å²) in [5, 5.41) is 13.4. The molecular formula is C10H19NO. The number of rotatable bonds is 0. The van der Waals surface area contributed by atoms with Gasteiger partial charge in [0.05, 0.1) is 6.10 Å². The normalized spacial score (nSPS) is 48.5. The van der Waals surface area contributed by atoms with Crippen LogP contribution < -0.4 is 5.32 Å². The van der Waals surface area contributed by atoms with Crippen LogP contribution >= 0.6 is 0 Å². The van der Waals surface area contributed by atoms with Gasteiger partial charge in [0.15, 0.2) is 0 Å². The average Bonchev–Trinajstić information content (AvgIpc) is 2.04. The minimum atomic E-state index is -0.0356. The molecule has 70 valence electrons. The monoisotopic (exact) mass is 169 g/mol. The summed E-state index contributed by atoms with van der Waals surface area (Å²) in [5.74, 6) is 0.551. The van der Waals surface area contributed by atoms with E-state index in [2.05, 4.69) is 12.2 Å². The van der Waals surface area contributed by atoms with E-state index in [9.17, 15) is 5.11 Å². The third kappa shape index (κ3) is 1.50. The van der Waals surface area contributed by atoms with Crippen LogP contribution in [0, 0.1) is 5.92 Å². The van der Waals surface area contributed by atoms with Crippen LogP contribution in [-0.4, -0.2) is 23.3 Å². The second-order valence-electron chi connectivity index (χ2n) is 4.43. The largest absolute Gasteiger partial charge is 0.393 e. The molecule has 1 aliphatic carbocycles. The molecule has 2 nitrogen and oxygen atoms in total. The van der Waals surface area contributed by atoms with E-state index in [-0.39, 0.29) is 6.10 Å². The zero-order valence-electron chi connectivity index (χ0n) is 7.79. The summed E-state index contributed by atoms with van der Waals surface area (Å²) in [5.41, 5.74) is 0. The third-order valence-electron chi connectivity index (χ3n) is 3.41. The fourth-order valence-corrected chi connectivity index (χ4v) is 2.80. The van der Waals surface area contributed by atoms with Crippen molar-refractivity contribution >= 4 is 0 Å². The highest BCUT2D eigenvalue weighted by atomic mass is 16.3. The molecule has 0 unspecified atom stereocenters. The van der Waals surface area contributed by atoms with Crippen LogP contribution in [0.15, 0.2) is 0 Å². The first kappa shape index (κ1) is 8.52. The number of aliphatic hydroxyl groups is 1. The van der Waals surface area contributed by atoms with Gasteiger partial charge in [-0.1, -0.05) is 12.8 Å². The molecule has 12 heavy (non-hydrogen) atoms. The Bertz CT molecular complexity index is 160. The SMILES string of the molecule is C[C@H]1C[C@H](O)[C@H]2CCCC[C@H]2N1. The van der Waals surface area contributed by atoms with Gasteiger partial charge in [-0.15, -0.1) is 0 Å². The summed E-state index contributed by atoms with van der Waals surface area (Å²) >= 11 is 0. The van der Waals surface area contributed by atoms with Gasteiger partial charge in [-0.25, -0.2) is 0 Å². The van der Waals surface area contributed by atoms with Gasteiger partial charge in [-0.3, -0.25) is 0 Å². The maximum Gasteiger partial charge on any atom is 0.0598 e. The fraction of sp³-hybridized carbons (Fsp3) is 1.00. The highest BCUT2D eigenvalue weighted by Gasteiger charge is 2.35. The second-order valence-corrected chi connectivity index (χ2v) is 4.43. The lowest BCUT2D eigenvalue weighted by Crippen LogP contribution is -2.53. The molecule has 2 N–H and O–H groups in total. The molecule has 2 rings (SSSR count). The molecule has 1 saturated heterocycles. The Hall–Kier alpha value is -0.0800. The van der Waals surface area contributed by atoms with Crippen molar-refractivity contribution in [2.45, 2.75) is 57.2 Å². The molecule has 2 aliphatic rings. The van der Waals surface area contributed by atoms with Crippen molar-refractivity contribution in [2.75, 3.05) is 0 Å². The Morgan fingerprint density at radius 3 is 2.83 bits per heavy atom. The standard InChI is InChI=1S/C10H19NO/c1-7-6-10(12)8-4-2-3-5-9(8)11-7/h7-12H,2-6H2,1H3/t7-,8-,9+,10-/m0/s1. The van der Waals surface area contributed by atoms with Gasteiger partial charge in [0.1, 0.15) is 0 Å². The van der Waals surface area contributed by atoms with E-state index in [0.717, 1.165) is 6.42 Å². The maximum atomic E-state index is 9.83. The summed E-state index contributed by atoms with van der Waals surface area (Å²) in [6.07, 6.45) is 6.06. The first-order valence-corrected chi connectivity index (χ1v) is 5.21. The van der Waals surface area contributed by atoms with Gasteiger partial charge in [0.25, 0.3) is 0 Å². The minimum Gasteiger partial charge on any atom is -0.393 e. The van der Waals surface area contributed by atoms with Gasteiger partial charge in [0.2, 0.25) is 0 Å². The molecule has 0 bridgehead atoms. The Labute approximate surface area is 74.4 Å². The quantitative estimate of drug-likeness (QED) is 0.572. The summed E-state index contributed by atoms with van der Waals surface area (Å²) < 4.78 is 0. The second kappa shape index (κ2) is 3.35. The molecule has 0 aromatic heterocycles. The van der Waals surface area contributed by atoms with Crippen LogP contribution in [0.5, 0.6) is 0 Å². The highest BCUT2D eigenvalue weighted by molar-refractivity contribution is 4.92. The minimum absolute atomic E-state index is 0.0356. The topological polar surface area (TPSA) is 32.3 Å². The molecule has 1 aliphatic heterocycles. The molecule has 4 atom stereocenters. The predicted molar refractivity (Wildman–Crippen MR) is 49.0 cm³/mol. The molecule has 1 saturated carbocycles. The predicted octanol–water partition coefficient (Wildman–Crippen LogP) is 1.29. The van der Waals surface area contributed by atoms with E-state index in [1.807, 2.05) is 0 Å². The Morgan fingerprint density at radius 1 is 1.25 bits per heavy atom. The zero-order valence-corrected chi connectivity index (χ0v) is 7.79. The molecular weight excluding hydrogens is 150 g/mol. The number of fused-ring (bicyclic) bond motifs is 1. The van der Waals surface area contributed by atoms with Gasteiger partial charge in [0, 0.05) is 18.0 Å². The van der Waals surface area contributed by atoms with Crippen molar-refractivity contribution < 1.29 is 5.11 Å². The molecule has 0 amide bonds. The van der Waals surface area contributed by atoms with Crippen molar-refractivity contribution in [3.05, 3.63) is 0 Å². The zero-order chi connectivity index (χ0) is 8.55. The van der Waals surface area contributed by atoms with Crippen molar-refractivity contribution in [3.8, 4) is 0 Å². The number of piperidine rings is 1. The number of aliphatic hydroxyl groups excluding tert-OH is 1. The summed E-state index contributed by atoms with van der Waals surface area (Å²) in [6.45, 7) is 2.17. The van der Waals surface area contributed by atoms with Crippen molar-refractivity contribution in [1.29, 1.82) is 0 Å². The van der Waals surface area contributed by atoms with E-state index < -0.39 is 0 Å². The summed E-state index contributed by atoms with van der Waals surface area (Å²) in [4.78, 5) is 0. The molecule has 1 heterocycles. The highest BCUT2D eigenvalue weighted by Crippen LogP contribution is 2.32. The van der Waals surface area contributed by atoms with Crippen molar-refractivity contribution in [2.24, 2.45) is 5.92 Å². The van der Waals surface area contributed by atoms with E-state index >= 15 is 0 Å². The molecule has 0 aromatic rings. The van der Waals surface area contributed by atoms with Gasteiger partial charge in [-0.2, -0.15) is 0 Å². The molecule has 2 heteroatoms. The Balaban J connectivity index is 2.01. The summed E-state index contributed by atoms with van der Waals surface area (Å²) in [6, 6.07) is 1.12. The van der Waals surface area contributed by atoms with E-state index in [0.29, 0.717) is 18.0 Å². The lowest BCUT2D eigenvalue weighted by molar-refractivity contribution is 0.0163.